The molecule has 7 heteroatoms. The van der Waals surface area contributed by atoms with Crippen molar-refractivity contribution in [2.24, 2.45) is 0 Å². The van der Waals surface area contributed by atoms with E-state index >= 15 is 0 Å². The molecule has 1 amide bonds. The number of carbonyl (C=O) groups is 2. The number of hydrogen-bond acceptors (Lipinski definition) is 4. The van der Waals surface area contributed by atoms with E-state index in [4.69, 9.17) is 0 Å². The number of benzene rings is 3. The number of ketones is 1. The lowest BCUT2D eigenvalue weighted by atomic mass is 9.95. The molecule has 0 saturated heterocycles. The summed E-state index contributed by atoms with van der Waals surface area (Å²) in [5.41, 5.74) is 0.956. The molecule has 0 unspecified atom stereocenters. The maximum Gasteiger partial charge on any atom is 0.255 e. The van der Waals surface area contributed by atoms with E-state index in [9.17, 15) is 18.0 Å². The molecule has 6 nitrogen and oxygen atoms in total. The number of amides is 1. The van der Waals surface area contributed by atoms with E-state index in [1.807, 2.05) is 19.1 Å². The van der Waals surface area contributed by atoms with Gasteiger partial charge in [-0.05, 0) is 32.4 Å². The molecule has 0 aromatic heterocycles. The van der Waals surface area contributed by atoms with Crippen LogP contribution in [-0.2, 0) is 15.8 Å². The van der Waals surface area contributed by atoms with Crippen molar-refractivity contribution in [2.45, 2.75) is 32.1 Å². The first-order valence-corrected chi connectivity index (χ1v) is 12.8. The summed E-state index contributed by atoms with van der Waals surface area (Å²) in [5, 5.41) is 0. The lowest BCUT2D eigenvalue weighted by Crippen LogP contribution is -2.54. The highest BCUT2D eigenvalue weighted by molar-refractivity contribution is 7.88. The van der Waals surface area contributed by atoms with Gasteiger partial charge in [-0.3, -0.25) is 9.59 Å². The van der Waals surface area contributed by atoms with Gasteiger partial charge in [0.1, 0.15) is 0 Å². The Kier molecular flexibility index (Phi) is 8.02. The smallest absolute Gasteiger partial charge is 0.255 e. The number of nitrogens with zero attached hydrogens (tertiary/aromatic N) is 1. The lowest BCUT2D eigenvalue weighted by Gasteiger charge is -2.38. The highest BCUT2D eigenvalue weighted by Crippen LogP contribution is 2.22. The maximum absolute atomic E-state index is 13.6. The van der Waals surface area contributed by atoms with Crippen LogP contribution in [0, 0.1) is 0 Å². The minimum Gasteiger partial charge on any atom is -0.332 e. The van der Waals surface area contributed by atoms with Gasteiger partial charge >= 0.3 is 0 Å². The van der Waals surface area contributed by atoms with Gasteiger partial charge in [0.15, 0.2) is 5.78 Å². The first kappa shape index (κ1) is 25.3. The van der Waals surface area contributed by atoms with Crippen molar-refractivity contribution in [1.82, 2.24) is 9.62 Å². The number of hydrogen-bond donors (Lipinski definition) is 1. The maximum atomic E-state index is 13.6. The fourth-order valence-electron chi connectivity index (χ4n) is 3.83. The van der Waals surface area contributed by atoms with Gasteiger partial charge in [0, 0.05) is 24.2 Å². The SMILES string of the molecule is CCN(C(=O)c1ccccc1C(=O)c1ccccc1)C(C)(C)CNS(=O)(=O)Cc1ccccc1. The van der Waals surface area contributed by atoms with Crippen molar-refractivity contribution >= 4 is 21.7 Å². The van der Waals surface area contributed by atoms with E-state index in [0.717, 1.165) is 0 Å². The lowest BCUT2D eigenvalue weighted by molar-refractivity contribution is 0.0571. The summed E-state index contributed by atoms with van der Waals surface area (Å²) in [5.74, 6) is -0.699. The van der Waals surface area contributed by atoms with Crippen molar-refractivity contribution in [3.63, 3.8) is 0 Å². The minimum atomic E-state index is -3.60. The van der Waals surface area contributed by atoms with Crippen LogP contribution < -0.4 is 4.72 Å². The van der Waals surface area contributed by atoms with Crippen LogP contribution in [0.5, 0.6) is 0 Å². The third-order valence-corrected chi connectivity index (χ3v) is 6.95. The molecule has 3 aromatic rings. The second-order valence-corrected chi connectivity index (χ2v) is 10.5. The predicted molar refractivity (Wildman–Crippen MR) is 134 cm³/mol. The Morgan fingerprint density at radius 2 is 1.35 bits per heavy atom. The predicted octanol–water partition coefficient (Wildman–Crippen LogP) is 4.28. The molecule has 1 N–H and O–H groups in total. The summed E-state index contributed by atoms with van der Waals surface area (Å²) in [7, 11) is -3.60. The van der Waals surface area contributed by atoms with Crippen LogP contribution >= 0.6 is 0 Å². The summed E-state index contributed by atoms with van der Waals surface area (Å²) in [6, 6.07) is 24.5. The van der Waals surface area contributed by atoms with Crippen molar-refractivity contribution in [3.05, 3.63) is 107 Å². The zero-order chi connectivity index (χ0) is 24.8. The van der Waals surface area contributed by atoms with Gasteiger partial charge in [0.2, 0.25) is 10.0 Å². The van der Waals surface area contributed by atoms with Gasteiger partial charge in [-0.25, -0.2) is 13.1 Å². The van der Waals surface area contributed by atoms with Gasteiger partial charge in [-0.2, -0.15) is 0 Å². The second kappa shape index (κ2) is 10.8. The Balaban J connectivity index is 1.80. The molecule has 0 aliphatic carbocycles. The van der Waals surface area contributed by atoms with Crippen LogP contribution in [0.4, 0.5) is 0 Å². The largest absolute Gasteiger partial charge is 0.332 e. The average Bonchev–Trinajstić information content (AvgIpc) is 2.83. The van der Waals surface area contributed by atoms with Crippen molar-refractivity contribution in [1.29, 1.82) is 0 Å². The molecule has 3 aromatic carbocycles. The highest BCUT2D eigenvalue weighted by atomic mass is 32.2. The van der Waals surface area contributed by atoms with E-state index in [2.05, 4.69) is 4.72 Å². The van der Waals surface area contributed by atoms with Gasteiger partial charge < -0.3 is 4.90 Å². The summed E-state index contributed by atoms with van der Waals surface area (Å²) in [4.78, 5) is 28.3. The molecule has 34 heavy (non-hydrogen) atoms. The van der Waals surface area contributed by atoms with Crippen LogP contribution in [0.15, 0.2) is 84.9 Å². The van der Waals surface area contributed by atoms with Gasteiger partial charge in [-0.1, -0.05) is 78.9 Å². The van der Waals surface area contributed by atoms with Crippen LogP contribution in [-0.4, -0.2) is 43.6 Å². The molecule has 0 heterocycles. The molecular formula is C27H30N2O4S. The summed E-state index contributed by atoms with van der Waals surface area (Å²) >= 11 is 0. The van der Waals surface area contributed by atoms with E-state index < -0.39 is 15.6 Å². The fourth-order valence-corrected chi connectivity index (χ4v) is 5.14. The Hall–Kier alpha value is -3.29. The van der Waals surface area contributed by atoms with Crippen LogP contribution in [0.1, 0.15) is 52.6 Å². The molecule has 0 atom stereocenters. The van der Waals surface area contributed by atoms with E-state index in [1.165, 1.54) is 0 Å². The molecule has 0 aliphatic heterocycles. The molecule has 3 rings (SSSR count). The zero-order valence-electron chi connectivity index (χ0n) is 19.7. The van der Waals surface area contributed by atoms with Gasteiger partial charge in [0.25, 0.3) is 5.91 Å². The van der Waals surface area contributed by atoms with E-state index in [-0.39, 0.29) is 24.0 Å². The zero-order valence-corrected chi connectivity index (χ0v) is 20.5. The standard InChI is InChI=1S/C27H30N2O4S/c1-4-29(27(2,3)20-28-34(32,33)19-21-13-7-5-8-14-21)26(31)24-18-12-11-17-23(24)25(30)22-15-9-6-10-16-22/h5-18,28H,4,19-20H2,1-3H3. The minimum absolute atomic E-state index is 0.0382. The molecule has 0 aliphatic rings. The van der Waals surface area contributed by atoms with Crippen LogP contribution in [0.2, 0.25) is 0 Å². The van der Waals surface area contributed by atoms with E-state index in [0.29, 0.717) is 28.8 Å². The molecule has 0 radical (unpaired) electrons. The number of carbonyl (C=O) groups excluding carboxylic acids is 2. The average molecular weight is 479 g/mol. The third kappa shape index (κ3) is 6.18. The molecule has 0 saturated carbocycles. The molecule has 178 valence electrons. The quantitative estimate of drug-likeness (QED) is 0.441. The topological polar surface area (TPSA) is 83.6 Å². The number of nitrogens with one attached hydrogen (secondary N) is 1. The normalized spacial score (nSPS) is 11.7. The molecule has 0 fully saturated rings. The number of rotatable bonds is 10. The molecule has 0 bridgehead atoms. The second-order valence-electron chi connectivity index (χ2n) is 8.67. The Morgan fingerprint density at radius 1 is 0.824 bits per heavy atom. The first-order chi connectivity index (χ1) is 16.1. The Bertz CT molecular complexity index is 1240. The summed E-state index contributed by atoms with van der Waals surface area (Å²) in [6.07, 6.45) is 0. The molecule has 0 spiro atoms. The summed E-state index contributed by atoms with van der Waals surface area (Å²) in [6.45, 7) is 5.83. The first-order valence-electron chi connectivity index (χ1n) is 11.2. The van der Waals surface area contributed by atoms with Crippen LogP contribution in [0.3, 0.4) is 0 Å². The van der Waals surface area contributed by atoms with Crippen molar-refractivity contribution in [2.75, 3.05) is 13.1 Å². The fraction of sp³-hybridized carbons (Fsp3) is 0.259. The molecular weight excluding hydrogens is 448 g/mol. The van der Waals surface area contributed by atoms with Crippen LogP contribution in [0.25, 0.3) is 0 Å². The Morgan fingerprint density at radius 3 is 1.94 bits per heavy atom. The van der Waals surface area contributed by atoms with E-state index in [1.54, 1.807) is 91.5 Å². The van der Waals surface area contributed by atoms with Gasteiger partial charge in [0.05, 0.1) is 16.9 Å². The highest BCUT2D eigenvalue weighted by Gasteiger charge is 2.33. The number of sulfonamides is 1. The third-order valence-electron chi connectivity index (χ3n) is 5.65. The number of likely N-dealkylation sites (N-methyl/N-ethyl adjacent to an activating group) is 1. The van der Waals surface area contributed by atoms with Crippen molar-refractivity contribution < 1.29 is 18.0 Å². The monoisotopic (exact) mass is 478 g/mol. The van der Waals surface area contributed by atoms with Crippen molar-refractivity contribution in [3.8, 4) is 0 Å². The Labute approximate surface area is 201 Å². The summed E-state index contributed by atoms with van der Waals surface area (Å²) < 4.78 is 27.9. The van der Waals surface area contributed by atoms with Gasteiger partial charge in [-0.15, -0.1) is 0 Å².